The summed E-state index contributed by atoms with van der Waals surface area (Å²) in [4.78, 5) is 14.4. The molecule has 0 spiro atoms. The van der Waals surface area contributed by atoms with E-state index in [0.717, 1.165) is 0 Å². The molecule has 0 amide bonds. The molecular formula is C7H7N2O2. The Labute approximate surface area is 63.4 Å². The average Bonchev–Trinajstić information content (AvgIpc) is 2.27. The number of aromatic nitrogens is 2. The van der Waals surface area contributed by atoms with Gasteiger partial charge in [-0.25, -0.2) is 0 Å². The van der Waals surface area contributed by atoms with Crippen LogP contribution in [0.5, 0.6) is 6.01 Å². The van der Waals surface area contributed by atoms with E-state index in [1.165, 1.54) is 6.07 Å². The van der Waals surface area contributed by atoms with Crippen molar-refractivity contribution >= 4 is 0 Å². The zero-order valence-electron chi connectivity index (χ0n) is 5.86. The second-order valence-electron chi connectivity index (χ2n) is 2.44. The largest absolute Gasteiger partial charge is 0.459 e. The molecule has 57 valence electrons. The monoisotopic (exact) mass is 151 g/mol. The number of rotatable bonds is 0. The molecule has 2 heterocycles. The molecule has 0 aliphatic carbocycles. The fourth-order valence-corrected chi connectivity index (χ4v) is 1.05. The average molecular weight is 151 g/mol. The van der Waals surface area contributed by atoms with E-state index in [4.69, 9.17) is 4.74 Å². The zero-order chi connectivity index (χ0) is 7.84. The summed E-state index contributed by atoms with van der Waals surface area (Å²) in [6.07, 6.45) is 1.54. The van der Waals surface area contributed by atoms with Crippen LogP contribution in [0.3, 0.4) is 0 Å². The van der Waals surface area contributed by atoms with Crippen LogP contribution >= 0.6 is 0 Å². The van der Waals surface area contributed by atoms with Crippen LogP contribution in [0.25, 0.3) is 0 Å². The first-order chi connectivity index (χ1) is 5.25. The van der Waals surface area contributed by atoms with Gasteiger partial charge in [-0.1, -0.05) is 0 Å². The van der Waals surface area contributed by atoms with Crippen molar-refractivity contribution in [3.63, 3.8) is 0 Å². The molecule has 4 nitrogen and oxygen atoms in total. The summed E-state index contributed by atoms with van der Waals surface area (Å²) in [7, 11) is 0. The van der Waals surface area contributed by atoms with E-state index in [9.17, 15) is 4.79 Å². The molecule has 1 atom stereocenters. The smallest absolute Gasteiger partial charge is 0.300 e. The van der Waals surface area contributed by atoms with E-state index in [1.54, 1.807) is 10.8 Å². The highest BCUT2D eigenvalue weighted by Gasteiger charge is 2.17. The second kappa shape index (κ2) is 2.08. The molecule has 4 heteroatoms. The minimum Gasteiger partial charge on any atom is -0.459 e. The van der Waals surface area contributed by atoms with Crippen molar-refractivity contribution in [1.29, 1.82) is 0 Å². The van der Waals surface area contributed by atoms with Gasteiger partial charge in [0.25, 0.3) is 11.6 Å². The standard InChI is InChI=1S/C7H7N2O2/c1-5-4-9-3-2-6(10)8-7(9)11-5/h2-3,5H,1,4H2/t5-/m0/s1. The Morgan fingerprint density at radius 3 is 3.45 bits per heavy atom. The highest BCUT2D eigenvalue weighted by Crippen LogP contribution is 2.14. The minimum atomic E-state index is -0.273. The quantitative estimate of drug-likeness (QED) is 0.517. The Hall–Kier alpha value is -1.32. The molecule has 2 rings (SSSR count). The lowest BCUT2D eigenvalue weighted by atomic mass is 10.4. The Morgan fingerprint density at radius 2 is 2.64 bits per heavy atom. The van der Waals surface area contributed by atoms with Crippen molar-refractivity contribution < 1.29 is 4.74 Å². The number of hydrogen-bond acceptors (Lipinski definition) is 3. The van der Waals surface area contributed by atoms with Crippen molar-refractivity contribution in [3.05, 3.63) is 29.5 Å². The van der Waals surface area contributed by atoms with Gasteiger partial charge < -0.3 is 4.74 Å². The lowest BCUT2D eigenvalue weighted by molar-refractivity contribution is 0.271. The molecule has 1 aromatic heterocycles. The summed E-state index contributed by atoms with van der Waals surface area (Å²) in [6.45, 7) is 4.37. The van der Waals surface area contributed by atoms with E-state index < -0.39 is 0 Å². The van der Waals surface area contributed by atoms with Crippen LogP contribution in [0.4, 0.5) is 0 Å². The molecule has 0 saturated carbocycles. The first kappa shape index (κ1) is 6.39. The molecule has 0 fully saturated rings. The van der Waals surface area contributed by atoms with Gasteiger partial charge in [0.1, 0.15) is 6.10 Å². The molecular weight excluding hydrogens is 144 g/mol. The van der Waals surface area contributed by atoms with Crippen LogP contribution in [0.1, 0.15) is 0 Å². The van der Waals surface area contributed by atoms with Gasteiger partial charge in [0.15, 0.2) is 0 Å². The topological polar surface area (TPSA) is 44.1 Å². The Bertz CT molecular complexity index is 331. The fraction of sp³-hybridized carbons (Fsp3) is 0.286. The van der Waals surface area contributed by atoms with Crippen molar-refractivity contribution in [1.82, 2.24) is 9.55 Å². The van der Waals surface area contributed by atoms with Crippen LogP contribution in [-0.4, -0.2) is 15.7 Å². The fourth-order valence-electron chi connectivity index (χ4n) is 1.05. The van der Waals surface area contributed by atoms with Crippen molar-refractivity contribution in [2.24, 2.45) is 0 Å². The molecule has 0 bridgehead atoms. The molecule has 0 saturated heterocycles. The highest BCUT2D eigenvalue weighted by atomic mass is 16.5. The van der Waals surface area contributed by atoms with Crippen LogP contribution in [0.2, 0.25) is 0 Å². The van der Waals surface area contributed by atoms with E-state index in [2.05, 4.69) is 11.9 Å². The van der Waals surface area contributed by atoms with E-state index >= 15 is 0 Å². The normalized spacial score (nSPS) is 21.0. The van der Waals surface area contributed by atoms with Crippen LogP contribution < -0.4 is 10.3 Å². The maximum absolute atomic E-state index is 10.7. The molecule has 11 heavy (non-hydrogen) atoms. The van der Waals surface area contributed by atoms with Gasteiger partial charge in [-0.3, -0.25) is 9.36 Å². The van der Waals surface area contributed by atoms with Crippen LogP contribution in [0, 0.1) is 6.92 Å². The van der Waals surface area contributed by atoms with Crippen LogP contribution in [0.15, 0.2) is 17.1 Å². The van der Waals surface area contributed by atoms with Crippen LogP contribution in [-0.2, 0) is 6.54 Å². The van der Waals surface area contributed by atoms with Crippen molar-refractivity contribution in [2.45, 2.75) is 12.6 Å². The lowest BCUT2D eigenvalue weighted by Gasteiger charge is -1.96. The molecule has 1 aliphatic rings. The molecule has 0 unspecified atom stereocenters. The van der Waals surface area contributed by atoms with Gasteiger partial charge >= 0.3 is 0 Å². The summed E-state index contributed by atoms with van der Waals surface area (Å²) in [6, 6.07) is 1.78. The number of ether oxygens (including phenoxy) is 1. The molecule has 0 aromatic carbocycles. The van der Waals surface area contributed by atoms with Gasteiger partial charge in [0.2, 0.25) is 0 Å². The molecule has 1 radical (unpaired) electrons. The molecule has 1 aromatic rings. The van der Waals surface area contributed by atoms with Gasteiger partial charge in [-0.2, -0.15) is 4.98 Å². The summed E-state index contributed by atoms with van der Waals surface area (Å²) < 4.78 is 6.89. The van der Waals surface area contributed by atoms with E-state index in [-0.39, 0.29) is 11.7 Å². The number of hydrogen-bond donors (Lipinski definition) is 0. The second-order valence-corrected chi connectivity index (χ2v) is 2.44. The van der Waals surface area contributed by atoms with Crippen molar-refractivity contribution in [3.8, 4) is 6.01 Å². The third-order valence-corrected chi connectivity index (χ3v) is 1.52. The first-order valence-corrected chi connectivity index (χ1v) is 3.33. The molecule has 1 aliphatic heterocycles. The third-order valence-electron chi connectivity index (χ3n) is 1.52. The first-order valence-electron chi connectivity index (χ1n) is 3.33. The molecule has 0 N–H and O–H groups in total. The van der Waals surface area contributed by atoms with Gasteiger partial charge in [-0.05, 0) is 6.92 Å². The summed E-state index contributed by atoms with van der Waals surface area (Å²) in [5, 5.41) is 0. The Morgan fingerprint density at radius 1 is 1.82 bits per heavy atom. The summed E-state index contributed by atoms with van der Waals surface area (Å²) >= 11 is 0. The number of fused-ring (bicyclic) bond motifs is 1. The van der Waals surface area contributed by atoms with Gasteiger partial charge in [-0.15, -0.1) is 0 Å². The van der Waals surface area contributed by atoms with Crippen molar-refractivity contribution in [2.75, 3.05) is 0 Å². The SMILES string of the molecule is [CH2][C@H]1Cn2ccc(=O)nc2O1. The van der Waals surface area contributed by atoms with E-state index in [1.807, 2.05) is 0 Å². The predicted molar refractivity (Wildman–Crippen MR) is 38.3 cm³/mol. The Kier molecular flexibility index (Phi) is 1.21. The predicted octanol–water partition coefficient (Wildman–Crippen LogP) is -0.162. The summed E-state index contributed by atoms with van der Waals surface area (Å²) in [5.74, 6) is 0. The maximum atomic E-state index is 10.7. The minimum absolute atomic E-state index is 0.121. The maximum Gasteiger partial charge on any atom is 0.300 e. The Balaban J connectivity index is 2.51. The zero-order valence-corrected chi connectivity index (χ0v) is 5.86. The van der Waals surface area contributed by atoms with Gasteiger partial charge in [0.05, 0.1) is 6.54 Å². The van der Waals surface area contributed by atoms with Gasteiger partial charge in [0, 0.05) is 12.3 Å². The summed E-state index contributed by atoms with van der Waals surface area (Å²) in [5.41, 5.74) is -0.273. The van der Waals surface area contributed by atoms with E-state index in [0.29, 0.717) is 12.6 Å². The lowest BCUT2D eigenvalue weighted by Crippen LogP contribution is -2.08. The third kappa shape index (κ3) is 1.00. The number of nitrogens with zero attached hydrogens (tertiary/aromatic N) is 2. The highest BCUT2D eigenvalue weighted by molar-refractivity contribution is 5.04.